The Labute approximate surface area is 88.3 Å². The molecule has 0 atom stereocenters. The summed E-state index contributed by atoms with van der Waals surface area (Å²) in [5, 5.41) is 1.34. The van der Waals surface area contributed by atoms with Crippen LogP contribution in [0.2, 0.25) is 10.0 Å². The van der Waals surface area contributed by atoms with Crippen molar-refractivity contribution in [1.29, 1.82) is 0 Å². The first-order chi connectivity index (χ1) is 5.43. The first-order valence-electron chi connectivity index (χ1n) is 3.60. The quantitative estimate of drug-likeness (QED) is 0.676. The third-order valence-electron chi connectivity index (χ3n) is 1.57. The molecule has 0 saturated heterocycles. The minimum atomic E-state index is -0.296. The summed E-state index contributed by atoms with van der Waals surface area (Å²) in [5.41, 5.74) is 0.886. The highest BCUT2D eigenvalue weighted by molar-refractivity contribution is 7.81. The van der Waals surface area contributed by atoms with Crippen LogP contribution in [0.4, 0.5) is 0 Å². The molecule has 12 heavy (non-hydrogen) atoms. The maximum Gasteiger partial charge on any atom is 0.0466 e. The van der Waals surface area contributed by atoms with Crippen molar-refractivity contribution in [3.05, 3.63) is 33.8 Å². The molecule has 0 nitrogen and oxygen atoms in total. The van der Waals surface area contributed by atoms with Crippen LogP contribution in [0.1, 0.15) is 19.4 Å². The fraction of sp³-hybridized carbons (Fsp3) is 0.333. The van der Waals surface area contributed by atoms with Gasteiger partial charge in [-0.25, -0.2) is 0 Å². The second-order valence-corrected chi connectivity index (χ2v) is 5.09. The third-order valence-corrected chi connectivity index (χ3v) is 2.43. The van der Waals surface area contributed by atoms with E-state index in [1.807, 2.05) is 32.0 Å². The van der Waals surface area contributed by atoms with Gasteiger partial charge in [-0.2, -0.15) is 12.6 Å². The van der Waals surface area contributed by atoms with Crippen molar-refractivity contribution in [2.45, 2.75) is 18.6 Å². The van der Waals surface area contributed by atoms with Crippen LogP contribution < -0.4 is 0 Å². The third kappa shape index (κ3) is 2.09. The summed E-state index contributed by atoms with van der Waals surface area (Å²) in [6, 6.07) is 5.47. The molecule has 0 fully saturated rings. The zero-order chi connectivity index (χ0) is 9.35. The molecule has 1 rings (SSSR count). The van der Waals surface area contributed by atoms with E-state index in [-0.39, 0.29) is 4.75 Å². The fourth-order valence-corrected chi connectivity index (χ4v) is 2.32. The smallest absolute Gasteiger partial charge is 0.0466 e. The molecule has 0 aromatic heterocycles. The Hall–Kier alpha value is 0.150. The van der Waals surface area contributed by atoms with E-state index in [0.29, 0.717) is 10.0 Å². The predicted octanol–water partition coefficient (Wildman–Crippen LogP) is 4.16. The van der Waals surface area contributed by atoms with Gasteiger partial charge in [0.25, 0.3) is 0 Å². The van der Waals surface area contributed by atoms with E-state index >= 15 is 0 Å². The van der Waals surface area contributed by atoms with E-state index in [1.165, 1.54) is 0 Å². The molecule has 1 aromatic rings. The first-order valence-corrected chi connectivity index (χ1v) is 4.80. The van der Waals surface area contributed by atoms with Gasteiger partial charge in [0.2, 0.25) is 0 Å². The number of thiol groups is 1. The molecule has 0 amide bonds. The maximum atomic E-state index is 5.98. The van der Waals surface area contributed by atoms with Crippen LogP contribution in [0.15, 0.2) is 18.2 Å². The van der Waals surface area contributed by atoms with E-state index in [9.17, 15) is 0 Å². The van der Waals surface area contributed by atoms with Crippen LogP contribution in [0.3, 0.4) is 0 Å². The lowest BCUT2D eigenvalue weighted by atomic mass is 10.0. The van der Waals surface area contributed by atoms with Gasteiger partial charge >= 0.3 is 0 Å². The van der Waals surface area contributed by atoms with Gasteiger partial charge in [0.1, 0.15) is 0 Å². The average molecular weight is 221 g/mol. The molecular weight excluding hydrogens is 211 g/mol. The van der Waals surface area contributed by atoms with Gasteiger partial charge in [0.15, 0.2) is 0 Å². The highest BCUT2D eigenvalue weighted by atomic mass is 35.5. The van der Waals surface area contributed by atoms with Crippen LogP contribution in [0, 0.1) is 0 Å². The molecule has 0 radical (unpaired) electrons. The second kappa shape index (κ2) is 3.49. The molecule has 3 heteroatoms. The lowest BCUT2D eigenvalue weighted by Gasteiger charge is -2.20. The van der Waals surface area contributed by atoms with Crippen molar-refractivity contribution in [3.8, 4) is 0 Å². The van der Waals surface area contributed by atoms with Gasteiger partial charge in [-0.15, -0.1) is 0 Å². The summed E-state index contributed by atoms with van der Waals surface area (Å²) in [6.45, 7) is 3.92. The number of rotatable bonds is 1. The van der Waals surface area contributed by atoms with Crippen molar-refractivity contribution < 1.29 is 0 Å². The molecular formula is C9H10Cl2S. The van der Waals surface area contributed by atoms with Gasteiger partial charge in [-0.1, -0.05) is 29.3 Å². The number of hydrogen-bond donors (Lipinski definition) is 1. The summed E-state index contributed by atoms with van der Waals surface area (Å²) in [4.78, 5) is 0. The molecule has 1 aromatic carbocycles. The molecule has 0 unspecified atom stereocenters. The van der Waals surface area contributed by atoms with Gasteiger partial charge in [-0.05, 0) is 26.0 Å². The lowest BCUT2D eigenvalue weighted by Crippen LogP contribution is -2.09. The Balaban J connectivity index is 3.31. The second-order valence-electron chi connectivity index (χ2n) is 3.16. The van der Waals surface area contributed by atoms with Crippen molar-refractivity contribution in [2.24, 2.45) is 0 Å². The zero-order valence-corrected chi connectivity index (χ0v) is 9.34. The minimum absolute atomic E-state index is 0.296. The van der Waals surface area contributed by atoms with Crippen LogP contribution >= 0.6 is 35.8 Å². The Kier molecular flexibility index (Phi) is 2.97. The van der Waals surface area contributed by atoms with Crippen molar-refractivity contribution in [3.63, 3.8) is 0 Å². The van der Waals surface area contributed by atoms with E-state index in [4.69, 9.17) is 23.2 Å². The normalized spacial score (nSPS) is 11.8. The van der Waals surface area contributed by atoms with Crippen molar-refractivity contribution in [1.82, 2.24) is 0 Å². The molecule has 0 aliphatic heterocycles. The first kappa shape index (κ1) is 10.2. The highest BCUT2D eigenvalue weighted by Gasteiger charge is 2.20. The standard InChI is InChI=1S/C9H10Cl2S/c1-9(2,12)8-6(10)4-3-5-7(8)11/h3-5,12H,1-2H3. The average Bonchev–Trinajstić information content (AvgIpc) is 1.82. The molecule has 0 aliphatic carbocycles. The Morgan fingerprint density at radius 1 is 1.17 bits per heavy atom. The van der Waals surface area contributed by atoms with Crippen LogP contribution in [-0.4, -0.2) is 0 Å². The molecule has 66 valence electrons. The van der Waals surface area contributed by atoms with Crippen molar-refractivity contribution >= 4 is 35.8 Å². The zero-order valence-electron chi connectivity index (χ0n) is 6.94. The topological polar surface area (TPSA) is 0 Å². The summed E-state index contributed by atoms with van der Waals surface area (Å²) in [6.07, 6.45) is 0. The maximum absolute atomic E-state index is 5.98. The lowest BCUT2D eigenvalue weighted by molar-refractivity contribution is 0.792. The van der Waals surface area contributed by atoms with E-state index < -0.39 is 0 Å². The van der Waals surface area contributed by atoms with E-state index in [1.54, 1.807) is 0 Å². The van der Waals surface area contributed by atoms with Crippen LogP contribution in [-0.2, 0) is 4.75 Å². The Morgan fingerprint density at radius 3 is 1.83 bits per heavy atom. The molecule has 0 spiro atoms. The molecule has 0 heterocycles. The van der Waals surface area contributed by atoms with E-state index in [2.05, 4.69) is 12.6 Å². The molecule has 0 aliphatic rings. The molecule has 0 saturated carbocycles. The predicted molar refractivity (Wildman–Crippen MR) is 58.5 cm³/mol. The van der Waals surface area contributed by atoms with Crippen LogP contribution in [0.25, 0.3) is 0 Å². The minimum Gasteiger partial charge on any atom is -0.168 e. The van der Waals surface area contributed by atoms with Crippen molar-refractivity contribution in [2.75, 3.05) is 0 Å². The number of benzene rings is 1. The molecule has 0 bridgehead atoms. The fourth-order valence-electron chi connectivity index (χ4n) is 1.08. The largest absolute Gasteiger partial charge is 0.168 e. The summed E-state index contributed by atoms with van der Waals surface area (Å²) < 4.78 is -0.296. The number of hydrogen-bond acceptors (Lipinski definition) is 1. The molecule has 0 N–H and O–H groups in total. The number of halogens is 2. The Morgan fingerprint density at radius 2 is 1.58 bits per heavy atom. The summed E-state index contributed by atoms with van der Waals surface area (Å²) in [7, 11) is 0. The van der Waals surface area contributed by atoms with Gasteiger partial charge < -0.3 is 0 Å². The highest BCUT2D eigenvalue weighted by Crippen LogP contribution is 2.37. The van der Waals surface area contributed by atoms with Gasteiger partial charge in [0, 0.05) is 20.4 Å². The van der Waals surface area contributed by atoms with Gasteiger partial charge in [0.05, 0.1) is 0 Å². The van der Waals surface area contributed by atoms with Crippen LogP contribution in [0.5, 0.6) is 0 Å². The monoisotopic (exact) mass is 220 g/mol. The summed E-state index contributed by atoms with van der Waals surface area (Å²) >= 11 is 16.4. The Bertz CT molecular complexity index is 269. The van der Waals surface area contributed by atoms with Gasteiger partial charge in [-0.3, -0.25) is 0 Å². The summed E-state index contributed by atoms with van der Waals surface area (Å²) in [5.74, 6) is 0. The van der Waals surface area contributed by atoms with E-state index in [0.717, 1.165) is 5.56 Å². The SMILES string of the molecule is CC(C)(S)c1c(Cl)cccc1Cl.